The molecule has 0 atom stereocenters. The first-order chi connectivity index (χ1) is 12.1. The monoisotopic (exact) mass is 424 g/mol. The molecule has 130 valence electrons. The van der Waals surface area contributed by atoms with Crippen molar-refractivity contribution in [3.05, 3.63) is 51.7 Å². The smallest absolute Gasteiger partial charge is 0.310 e. The van der Waals surface area contributed by atoms with Gasteiger partial charge in [-0.3, -0.25) is 9.63 Å². The number of halogens is 2. The van der Waals surface area contributed by atoms with Crippen molar-refractivity contribution in [2.45, 2.75) is 0 Å². The zero-order valence-electron chi connectivity index (χ0n) is 12.8. The number of nitrogens with zero attached hydrogens (tertiary/aromatic N) is 1. The fourth-order valence-electron chi connectivity index (χ4n) is 2.15. The number of aromatic amines is 1. The number of rotatable bonds is 6. The van der Waals surface area contributed by atoms with E-state index in [1.807, 2.05) is 24.3 Å². The van der Waals surface area contributed by atoms with Gasteiger partial charge in [-0.05, 0) is 36.4 Å². The van der Waals surface area contributed by atoms with Crippen LogP contribution >= 0.6 is 27.5 Å². The van der Waals surface area contributed by atoms with E-state index in [1.54, 1.807) is 12.1 Å². The molecule has 0 unspecified atom stereocenters. The number of anilines is 2. The number of H-pyrrole nitrogens is 1. The van der Waals surface area contributed by atoms with Gasteiger partial charge in [0.15, 0.2) is 5.82 Å². The Morgan fingerprint density at radius 3 is 2.92 bits per heavy atom. The van der Waals surface area contributed by atoms with E-state index in [0.29, 0.717) is 16.1 Å². The molecule has 0 saturated carbocycles. The van der Waals surface area contributed by atoms with E-state index in [1.165, 1.54) is 0 Å². The normalized spacial score (nSPS) is 10.8. The van der Waals surface area contributed by atoms with Crippen molar-refractivity contribution < 1.29 is 14.7 Å². The van der Waals surface area contributed by atoms with Crippen molar-refractivity contribution in [2.75, 3.05) is 18.5 Å². The highest BCUT2D eigenvalue weighted by Gasteiger charge is 2.12. The second kappa shape index (κ2) is 7.83. The number of benzene rings is 2. The van der Waals surface area contributed by atoms with Crippen LogP contribution < -0.4 is 10.8 Å². The molecule has 0 aliphatic heterocycles. The summed E-state index contributed by atoms with van der Waals surface area (Å²) in [7, 11) is 0. The Labute approximate surface area is 156 Å². The van der Waals surface area contributed by atoms with Crippen LogP contribution in [0.2, 0.25) is 5.02 Å². The first-order valence-electron chi connectivity index (χ1n) is 7.31. The Morgan fingerprint density at radius 1 is 1.32 bits per heavy atom. The molecule has 1 heterocycles. The highest BCUT2D eigenvalue weighted by molar-refractivity contribution is 9.10. The van der Waals surface area contributed by atoms with E-state index in [0.717, 1.165) is 15.8 Å². The van der Waals surface area contributed by atoms with Crippen LogP contribution in [0.1, 0.15) is 10.6 Å². The molecule has 3 rings (SSSR count). The summed E-state index contributed by atoms with van der Waals surface area (Å²) in [5.41, 5.74) is 5.08. The minimum absolute atomic E-state index is 0.00792. The van der Waals surface area contributed by atoms with E-state index >= 15 is 0 Å². The molecule has 0 saturated heterocycles. The lowest BCUT2D eigenvalue weighted by molar-refractivity contribution is 0.0162. The number of hydrogen-bond donors (Lipinski definition) is 4. The summed E-state index contributed by atoms with van der Waals surface area (Å²) in [5.74, 6) is -0.401. The van der Waals surface area contributed by atoms with Crippen molar-refractivity contribution in [3.63, 3.8) is 0 Å². The highest BCUT2D eigenvalue weighted by atomic mass is 79.9. The number of carbonyl (C=O) groups excluding carboxylic acids is 1. The van der Waals surface area contributed by atoms with E-state index < -0.39 is 5.91 Å². The van der Waals surface area contributed by atoms with Crippen LogP contribution in [0.15, 0.2) is 40.9 Å². The number of aliphatic hydroxyl groups excluding tert-OH is 1. The number of nitrogens with one attached hydrogen (secondary N) is 3. The van der Waals surface area contributed by atoms with Crippen LogP contribution in [0.5, 0.6) is 0 Å². The number of imidazole rings is 1. The largest absolute Gasteiger partial charge is 0.394 e. The van der Waals surface area contributed by atoms with Gasteiger partial charge in [0, 0.05) is 10.2 Å². The molecule has 1 amide bonds. The molecule has 0 spiro atoms. The second-order valence-electron chi connectivity index (χ2n) is 5.07. The van der Waals surface area contributed by atoms with Crippen molar-refractivity contribution in [1.29, 1.82) is 0 Å². The van der Waals surface area contributed by atoms with Gasteiger partial charge in [0.1, 0.15) is 0 Å². The number of amides is 1. The molecule has 0 radical (unpaired) electrons. The summed E-state index contributed by atoms with van der Waals surface area (Å²) >= 11 is 9.57. The summed E-state index contributed by atoms with van der Waals surface area (Å²) in [5, 5.41) is 12.4. The average molecular weight is 426 g/mol. The van der Waals surface area contributed by atoms with Gasteiger partial charge >= 0.3 is 5.91 Å². The van der Waals surface area contributed by atoms with E-state index in [9.17, 15) is 4.79 Å². The Bertz CT molecular complexity index is 916. The van der Waals surface area contributed by atoms with Crippen LogP contribution in [-0.4, -0.2) is 34.2 Å². The summed E-state index contributed by atoms with van der Waals surface area (Å²) < 4.78 is 0.895. The SMILES string of the molecule is O=C(NOCCO)c1nc2ccc(Nc3ccc(Br)cc3Cl)cc2[nH]1. The Kier molecular flexibility index (Phi) is 5.54. The lowest BCUT2D eigenvalue weighted by atomic mass is 10.2. The van der Waals surface area contributed by atoms with Gasteiger partial charge in [-0.1, -0.05) is 27.5 Å². The van der Waals surface area contributed by atoms with E-state index in [2.05, 4.69) is 36.7 Å². The van der Waals surface area contributed by atoms with E-state index in [-0.39, 0.29) is 19.0 Å². The molecule has 4 N–H and O–H groups in total. The van der Waals surface area contributed by atoms with Gasteiger partial charge in [-0.15, -0.1) is 0 Å². The Balaban J connectivity index is 1.79. The fraction of sp³-hybridized carbons (Fsp3) is 0.125. The van der Waals surface area contributed by atoms with Gasteiger partial charge < -0.3 is 15.4 Å². The zero-order chi connectivity index (χ0) is 17.8. The molecule has 25 heavy (non-hydrogen) atoms. The standard InChI is InChI=1S/C16H14BrClN4O3/c17-9-1-3-12(11(18)7-9)19-10-2-4-13-14(8-10)21-15(20-13)16(24)22-25-6-5-23/h1-4,7-8,19,23H,5-6H2,(H,20,21)(H,22,24). The summed E-state index contributed by atoms with van der Waals surface area (Å²) in [4.78, 5) is 23.8. The third-order valence-electron chi connectivity index (χ3n) is 3.27. The number of aromatic nitrogens is 2. The summed E-state index contributed by atoms with van der Waals surface area (Å²) in [6, 6.07) is 11.0. The first-order valence-corrected chi connectivity index (χ1v) is 8.49. The molecule has 2 aromatic carbocycles. The van der Waals surface area contributed by atoms with Crippen molar-refractivity contribution >= 4 is 55.8 Å². The van der Waals surface area contributed by atoms with Crippen molar-refractivity contribution in [3.8, 4) is 0 Å². The molecule has 0 aliphatic carbocycles. The molecule has 0 aliphatic rings. The van der Waals surface area contributed by atoms with Crippen LogP contribution in [-0.2, 0) is 4.84 Å². The molecule has 1 aromatic heterocycles. The first kappa shape index (κ1) is 17.7. The number of carbonyl (C=O) groups is 1. The minimum Gasteiger partial charge on any atom is -0.394 e. The maximum Gasteiger partial charge on any atom is 0.310 e. The van der Waals surface area contributed by atoms with Crippen LogP contribution in [0, 0.1) is 0 Å². The maximum atomic E-state index is 11.9. The zero-order valence-corrected chi connectivity index (χ0v) is 15.2. The van der Waals surface area contributed by atoms with Gasteiger partial charge in [0.25, 0.3) is 0 Å². The van der Waals surface area contributed by atoms with Gasteiger partial charge in [-0.2, -0.15) is 0 Å². The second-order valence-corrected chi connectivity index (χ2v) is 6.39. The maximum absolute atomic E-state index is 11.9. The molecule has 9 heteroatoms. The molecule has 7 nitrogen and oxygen atoms in total. The van der Waals surface area contributed by atoms with Gasteiger partial charge in [0.05, 0.1) is 35.0 Å². The summed E-state index contributed by atoms with van der Waals surface area (Å²) in [6.07, 6.45) is 0. The quantitative estimate of drug-likeness (QED) is 0.358. The fourth-order valence-corrected chi connectivity index (χ4v) is 2.87. The van der Waals surface area contributed by atoms with Crippen LogP contribution in [0.3, 0.4) is 0 Å². The van der Waals surface area contributed by atoms with Crippen LogP contribution in [0.25, 0.3) is 11.0 Å². The molecular weight excluding hydrogens is 412 g/mol. The number of fused-ring (bicyclic) bond motifs is 1. The van der Waals surface area contributed by atoms with Crippen molar-refractivity contribution in [2.24, 2.45) is 0 Å². The molecule has 0 fully saturated rings. The third-order valence-corrected chi connectivity index (χ3v) is 4.07. The van der Waals surface area contributed by atoms with E-state index in [4.69, 9.17) is 21.5 Å². The highest BCUT2D eigenvalue weighted by Crippen LogP contribution is 2.29. The lowest BCUT2D eigenvalue weighted by Crippen LogP contribution is -2.26. The van der Waals surface area contributed by atoms with Crippen LogP contribution in [0.4, 0.5) is 11.4 Å². The summed E-state index contributed by atoms with van der Waals surface area (Å²) in [6.45, 7) is -0.179. The minimum atomic E-state index is -0.518. The predicted octanol–water partition coefficient (Wildman–Crippen LogP) is 3.38. The average Bonchev–Trinajstić information content (AvgIpc) is 3.01. The third kappa shape index (κ3) is 4.29. The van der Waals surface area contributed by atoms with Crippen molar-refractivity contribution in [1.82, 2.24) is 15.4 Å². The van der Waals surface area contributed by atoms with Gasteiger partial charge in [0.2, 0.25) is 0 Å². The number of aliphatic hydroxyl groups is 1. The Morgan fingerprint density at radius 2 is 2.16 bits per heavy atom. The number of hydrogen-bond acceptors (Lipinski definition) is 5. The lowest BCUT2D eigenvalue weighted by Gasteiger charge is -2.08. The molecule has 3 aromatic rings. The van der Waals surface area contributed by atoms with Gasteiger partial charge in [-0.25, -0.2) is 10.5 Å². The topological polar surface area (TPSA) is 99.3 Å². The molecular formula is C16H14BrClN4O3. The number of hydroxylamine groups is 1. The molecule has 0 bridgehead atoms. The Hall–Kier alpha value is -2.13. The predicted molar refractivity (Wildman–Crippen MR) is 99.0 cm³/mol.